The Balaban J connectivity index is 0.000000296. The fourth-order valence-corrected chi connectivity index (χ4v) is 7.94. The zero-order valence-electron chi connectivity index (χ0n) is 24.0. The molecule has 0 amide bonds. The van der Waals surface area contributed by atoms with Crippen LogP contribution in [0.2, 0.25) is 0 Å². The highest BCUT2D eigenvalue weighted by Gasteiger charge is 2.36. The molecule has 4 aromatic rings. The molecule has 234 valence electrons. The Morgan fingerprint density at radius 3 is 2.52 bits per heavy atom. The van der Waals surface area contributed by atoms with Crippen LogP contribution in [-0.4, -0.2) is 77.4 Å². The van der Waals surface area contributed by atoms with Crippen molar-refractivity contribution in [1.82, 2.24) is 25.2 Å². The minimum atomic E-state index is -3.02. The molecule has 0 aliphatic carbocycles. The zero-order chi connectivity index (χ0) is 30.7. The Morgan fingerprint density at radius 2 is 1.82 bits per heavy atom. The molecule has 8 nitrogen and oxygen atoms in total. The average molecular weight is 634 g/mol. The molecule has 44 heavy (non-hydrogen) atoms. The summed E-state index contributed by atoms with van der Waals surface area (Å²) in [5, 5.41) is 3.72. The molecular formula is C30H32F5N7OS. The van der Waals surface area contributed by atoms with Crippen LogP contribution in [0.1, 0.15) is 44.1 Å². The first-order chi connectivity index (χ1) is 21.2. The van der Waals surface area contributed by atoms with Crippen molar-refractivity contribution in [3.8, 4) is 17.1 Å². The van der Waals surface area contributed by atoms with Crippen molar-refractivity contribution in [2.24, 2.45) is 0 Å². The van der Waals surface area contributed by atoms with Crippen molar-refractivity contribution < 1.29 is 26.7 Å². The number of hydrogen-bond donors (Lipinski definition) is 2. The first-order valence-corrected chi connectivity index (χ1v) is 15.6. The number of alkyl halides is 3. The largest absolute Gasteiger partial charge is 0.467 e. The number of methoxy groups -OCH3 is 1. The van der Waals surface area contributed by atoms with Crippen LogP contribution in [0, 0.1) is 11.6 Å². The summed E-state index contributed by atoms with van der Waals surface area (Å²) in [6.45, 7) is 3.07. The molecule has 2 bridgehead atoms. The third-order valence-electron chi connectivity index (χ3n) is 9.10. The van der Waals surface area contributed by atoms with Gasteiger partial charge in [0.2, 0.25) is 0 Å². The SMILES string of the molecule is COc1nc(N2CC3CCC(C2)N3)c2cc(C(F)F)c(-c3ccc(F)c4sc(N)nc34)c(F)c2n1.FC1CC2CCCN2C1. The van der Waals surface area contributed by atoms with Crippen LogP contribution in [0.3, 0.4) is 0 Å². The molecule has 14 heteroatoms. The Hall–Kier alpha value is -3.36. The maximum atomic E-state index is 16.2. The Morgan fingerprint density at radius 1 is 1.05 bits per heavy atom. The van der Waals surface area contributed by atoms with Crippen LogP contribution in [-0.2, 0) is 0 Å². The van der Waals surface area contributed by atoms with Crippen molar-refractivity contribution in [3.63, 3.8) is 0 Å². The molecule has 2 aromatic heterocycles. The number of halogens is 5. The van der Waals surface area contributed by atoms with E-state index in [2.05, 4.69) is 25.2 Å². The molecule has 2 aromatic carbocycles. The fourth-order valence-electron chi connectivity index (χ4n) is 7.18. The van der Waals surface area contributed by atoms with Crippen LogP contribution >= 0.6 is 11.3 Å². The van der Waals surface area contributed by atoms with Crippen molar-refractivity contribution in [2.45, 2.75) is 62.8 Å². The van der Waals surface area contributed by atoms with Crippen LogP contribution in [0.4, 0.5) is 32.9 Å². The van der Waals surface area contributed by atoms with E-state index in [1.54, 1.807) is 0 Å². The number of ether oxygens (including phenoxy) is 1. The van der Waals surface area contributed by atoms with Gasteiger partial charge >= 0.3 is 6.01 Å². The number of thiazole rings is 1. The monoisotopic (exact) mass is 633 g/mol. The number of rotatable bonds is 4. The quantitative estimate of drug-likeness (QED) is 0.271. The topological polar surface area (TPSA) is 92.4 Å². The van der Waals surface area contributed by atoms with Gasteiger partial charge in [-0.05, 0) is 56.8 Å². The summed E-state index contributed by atoms with van der Waals surface area (Å²) in [6.07, 6.45) is 1.79. The zero-order valence-corrected chi connectivity index (χ0v) is 24.8. The Labute approximate surface area is 254 Å². The average Bonchev–Trinajstić information content (AvgIpc) is 3.77. The van der Waals surface area contributed by atoms with Gasteiger partial charge in [0, 0.05) is 59.8 Å². The number of nitrogens with two attached hydrogens (primary N) is 1. The molecule has 4 unspecified atom stereocenters. The Bertz CT molecular complexity index is 1700. The van der Waals surface area contributed by atoms with Gasteiger partial charge in [-0.2, -0.15) is 9.97 Å². The standard InChI is InChI=1S/C23H20F4N6OS.C7H12FN/c1-34-23-31-17-13(21(32-23)33-7-9-2-3-10(8-33)29-9)6-12(20(26)27)15(16(17)25)11-4-5-14(24)19-18(11)30-22(28)35-19;8-6-4-7-2-1-3-9(7)5-6/h4-6,9-10,20,29H,2-3,7-8H2,1H3,(H2,28,30);6-7H,1-5H2. The van der Waals surface area contributed by atoms with E-state index in [4.69, 9.17) is 10.5 Å². The van der Waals surface area contributed by atoms with E-state index in [0.717, 1.165) is 43.2 Å². The van der Waals surface area contributed by atoms with Crippen LogP contribution in [0.15, 0.2) is 18.2 Å². The number of piperazine rings is 1. The molecule has 4 saturated heterocycles. The van der Waals surface area contributed by atoms with E-state index in [-0.39, 0.29) is 49.9 Å². The fraction of sp³-hybridized carbons (Fsp3) is 0.500. The normalized spacial score (nSPS) is 24.8. The summed E-state index contributed by atoms with van der Waals surface area (Å²) in [5.74, 6) is -1.24. The van der Waals surface area contributed by atoms with Gasteiger partial charge in [0.25, 0.3) is 6.43 Å². The summed E-state index contributed by atoms with van der Waals surface area (Å²) >= 11 is 0.868. The van der Waals surface area contributed by atoms with E-state index in [0.29, 0.717) is 31.5 Å². The predicted octanol–water partition coefficient (Wildman–Crippen LogP) is 5.85. The maximum Gasteiger partial charge on any atom is 0.318 e. The second-order valence-corrected chi connectivity index (χ2v) is 12.9. The van der Waals surface area contributed by atoms with Crippen molar-refractivity contribution in [3.05, 3.63) is 35.4 Å². The Kier molecular flexibility index (Phi) is 7.69. The number of nitrogens with zero attached hydrogens (tertiary/aromatic N) is 5. The molecule has 4 atom stereocenters. The molecule has 0 saturated carbocycles. The molecular weight excluding hydrogens is 601 g/mol. The van der Waals surface area contributed by atoms with E-state index in [9.17, 15) is 17.6 Å². The van der Waals surface area contributed by atoms with E-state index in [1.165, 1.54) is 32.1 Å². The first kappa shape index (κ1) is 29.4. The van der Waals surface area contributed by atoms with Crippen molar-refractivity contribution in [1.29, 1.82) is 0 Å². The van der Waals surface area contributed by atoms with Crippen LogP contribution < -0.4 is 20.7 Å². The summed E-state index contributed by atoms with van der Waals surface area (Å²) in [4.78, 5) is 16.9. The molecule has 4 aliphatic rings. The summed E-state index contributed by atoms with van der Waals surface area (Å²) in [5.41, 5.74) is 4.69. The van der Waals surface area contributed by atoms with Gasteiger partial charge in [0.05, 0.1) is 17.3 Å². The maximum absolute atomic E-state index is 16.2. The van der Waals surface area contributed by atoms with Crippen molar-refractivity contribution >= 4 is 43.4 Å². The predicted molar refractivity (Wildman–Crippen MR) is 160 cm³/mol. The summed E-state index contributed by atoms with van der Waals surface area (Å²) in [7, 11) is 1.36. The third-order valence-corrected chi connectivity index (χ3v) is 9.99. The number of nitrogens with one attached hydrogen (secondary N) is 1. The number of hydrogen-bond acceptors (Lipinski definition) is 9. The number of anilines is 2. The lowest BCUT2D eigenvalue weighted by molar-refractivity contribution is 0.152. The van der Waals surface area contributed by atoms with Gasteiger partial charge in [0.1, 0.15) is 23.3 Å². The minimum Gasteiger partial charge on any atom is -0.467 e. The summed E-state index contributed by atoms with van der Waals surface area (Å²) < 4.78 is 77.2. The molecule has 6 heterocycles. The highest BCUT2D eigenvalue weighted by molar-refractivity contribution is 7.22. The van der Waals surface area contributed by atoms with Gasteiger partial charge in [-0.1, -0.05) is 11.3 Å². The second-order valence-electron chi connectivity index (χ2n) is 11.9. The lowest BCUT2D eigenvalue weighted by Gasteiger charge is -2.34. The second kappa shape index (κ2) is 11.5. The van der Waals surface area contributed by atoms with Gasteiger partial charge in [-0.15, -0.1) is 0 Å². The highest BCUT2D eigenvalue weighted by atomic mass is 32.1. The molecule has 4 aliphatic heterocycles. The lowest BCUT2D eigenvalue weighted by Crippen LogP contribution is -2.51. The van der Waals surface area contributed by atoms with Gasteiger partial charge in [-0.3, -0.25) is 4.90 Å². The highest BCUT2D eigenvalue weighted by Crippen LogP contribution is 2.44. The molecule has 3 N–H and O–H groups in total. The molecule has 0 radical (unpaired) electrons. The van der Waals surface area contributed by atoms with E-state index < -0.39 is 35.4 Å². The van der Waals surface area contributed by atoms with E-state index >= 15 is 4.39 Å². The van der Waals surface area contributed by atoms with Crippen LogP contribution in [0.25, 0.3) is 32.2 Å². The van der Waals surface area contributed by atoms with Gasteiger partial charge < -0.3 is 20.7 Å². The molecule has 0 spiro atoms. The van der Waals surface area contributed by atoms with Gasteiger partial charge in [-0.25, -0.2) is 26.9 Å². The molecule has 4 fully saturated rings. The lowest BCUT2D eigenvalue weighted by atomic mass is 9.95. The summed E-state index contributed by atoms with van der Waals surface area (Å²) in [6, 6.07) is 4.58. The first-order valence-electron chi connectivity index (χ1n) is 14.8. The molecule has 8 rings (SSSR count). The number of benzene rings is 2. The number of nitrogen functional groups attached to an aromatic ring is 1. The third kappa shape index (κ3) is 5.20. The van der Waals surface area contributed by atoms with E-state index in [1.807, 2.05) is 4.90 Å². The van der Waals surface area contributed by atoms with Crippen LogP contribution in [0.5, 0.6) is 6.01 Å². The number of fused-ring (bicyclic) bond motifs is 5. The minimum absolute atomic E-state index is 0.0170. The smallest absolute Gasteiger partial charge is 0.318 e. The van der Waals surface area contributed by atoms with Gasteiger partial charge in [0.15, 0.2) is 10.9 Å². The number of aromatic nitrogens is 3. The van der Waals surface area contributed by atoms with Crippen molar-refractivity contribution in [2.75, 3.05) is 43.9 Å².